The first-order valence-electron chi connectivity index (χ1n) is 28.6. The average Bonchev–Trinajstić information content (AvgIpc) is 0.836. The number of ether oxygens (including phenoxy) is 8. The van der Waals surface area contributed by atoms with E-state index in [4.69, 9.17) is 77.0 Å². The van der Waals surface area contributed by atoms with Crippen LogP contribution in [0.25, 0.3) is 0 Å². The Morgan fingerprint density at radius 2 is 0.535 bits per heavy atom. The second-order valence-corrected chi connectivity index (χ2v) is 21.5. The van der Waals surface area contributed by atoms with Gasteiger partial charge in [0.15, 0.2) is 0 Å². The second kappa shape index (κ2) is 30.7. The van der Waals surface area contributed by atoms with Gasteiger partial charge in [0.05, 0.1) is 28.4 Å². The maximum absolute atomic E-state index is 13.1. The van der Waals surface area contributed by atoms with Gasteiger partial charge < -0.3 is 37.9 Å². The van der Waals surface area contributed by atoms with Crippen LogP contribution in [0, 0.1) is 29.1 Å². The minimum Gasteiger partial charge on any atom is -0.496 e. The highest BCUT2D eigenvalue weighted by Gasteiger charge is 2.54. The highest BCUT2D eigenvalue weighted by atomic mass is 17.3. The van der Waals surface area contributed by atoms with Gasteiger partial charge in [0.25, 0.3) is 0 Å². The fourth-order valence-electron chi connectivity index (χ4n) is 13.0. The molecule has 4 aromatic carbocycles. The van der Waals surface area contributed by atoms with E-state index in [0.29, 0.717) is 103 Å². The molecule has 0 aliphatic heterocycles. The summed E-state index contributed by atoms with van der Waals surface area (Å²) in [5, 5.41) is 0. The van der Waals surface area contributed by atoms with E-state index in [9.17, 15) is 38.4 Å². The Bertz CT molecular complexity index is 2730. The zero-order valence-corrected chi connectivity index (χ0v) is 48.2. The molecule has 0 aromatic heterocycles. The van der Waals surface area contributed by atoms with Crippen molar-refractivity contribution in [2.24, 2.45) is 29.1 Å². The molecular weight excluding hydrogens is 1130 g/mol. The van der Waals surface area contributed by atoms with E-state index in [0.717, 1.165) is 6.42 Å². The first kappa shape index (κ1) is 63.1. The zero-order valence-electron chi connectivity index (χ0n) is 48.2. The summed E-state index contributed by atoms with van der Waals surface area (Å²) < 4.78 is 43.8. The van der Waals surface area contributed by atoms with Gasteiger partial charge in [0.1, 0.15) is 69.7 Å². The quantitative estimate of drug-likeness (QED) is 0.0411. The van der Waals surface area contributed by atoms with Crippen LogP contribution < -0.4 is 18.9 Å². The maximum Gasteiger partial charge on any atom is 0.550 e. The van der Waals surface area contributed by atoms with Crippen molar-refractivity contribution < 1.29 is 115 Å². The lowest BCUT2D eigenvalue weighted by Gasteiger charge is -2.57. The molecular formula is C62H70O24. The van der Waals surface area contributed by atoms with Gasteiger partial charge in [-0.05, 0) is 187 Å². The average molecular weight is 1200 g/mol. The van der Waals surface area contributed by atoms with Crippen molar-refractivity contribution in [2.45, 2.75) is 134 Å². The van der Waals surface area contributed by atoms with E-state index >= 15 is 0 Å². The predicted molar refractivity (Wildman–Crippen MR) is 294 cm³/mol. The summed E-state index contributed by atoms with van der Waals surface area (Å²) in [5.74, 6) is -2.62. The van der Waals surface area contributed by atoms with E-state index in [1.54, 1.807) is 72.8 Å². The van der Waals surface area contributed by atoms with Crippen molar-refractivity contribution in [3.05, 3.63) is 119 Å². The lowest BCUT2D eigenvalue weighted by Crippen LogP contribution is -2.50. The number of hydrogen-bond acceptors (Lipinski definition) is 24. The lowest BCUT2D eigenvalue weighted by molar-refractivity contribution is -0.211. The van der Waals surface area contributed by atoms with Gasteiger partial charge in [-0.25, -0.2) is 58.3 Å². The number of hydrogen-bond donors (Lipinski definition) is 0. The smallest absolute Gasteiger partial charge is 0.496 e. The number of carbonyl (C=O) groups excluding carboxylic acids is 8. The first-order valence-corrected chi connectivity index (χ1v) is 28.6. The van der Waals surface area contributed by atoms with Crippen molar-refractivity contribution in [3.63, 3.8) is 0 Å². The van der Waals surface area contributed by atoms with Crippen LogP contribution in [0.5, 0.6) is 23.0 Å². The molecule has 462 valence electrons. The van der Waals surface area contributed by atoms with E-state index < -0.39 is 78.3 Å². The van der Waals surface area contributed by atoms with Crippen LogP contribution in [0.2, 0.25) is 0 Å². The molecule has 4 fully saturated rings. The summed E-state index contributed by atoms with van der Waals surface area (Å²) in [7, 11) is 5.56. The van der Waals surface area contributed by atoms with E-state index in [1.165, 1.54) is 52.7 Å². The summed E-state index contributed by atoms with van der Waals surface area (Å²) in [6, 6.07) is 25.2. The number of methoxy groups -OCH3 is 4. The molecule has 0 unspecified atom stereocenters. The van der Waals surface area contributed by atoms with Gasteiger partial charge in [-0.15, -0.1) is 0 Å². The fourth-order valence-corrected chi connectivity index (χ4v) is 13.0. The molecule has 0 spiro atoms. The van der Waals surface area contributed by atoms with Gasteiger partial charge in [-0.2, -0.15) is 19.2 Å². The summed E-state index contributed by atoms with van der Waals surface area (Å²) in [6.45, 7) is 0. The van der Waals surface area contributed by atoms with E-state index in [2.05, 4.69) is 0 Å². The van der Waals surface area contributed by atoms with Crippen LogP contribution in [-0.2, 0) is 58.0 Å². The third-order valence-electron chi connectivity index (χ3n) is 16.8. The van der Waals surface area contributed by atoms with Crippen LogP contribution in [0.1, 0.15) is 151 Å². The molecule has 8 rings (SSSR count). The standard InChI is InChI=1S/C62H70O24/c1-71-50-17-9-5-13-46(50)54(63)79-83-58(67)75-42-29-21-38(22-30-42)37-62(39-23-31-43(32-24-39)76-59(68)84-80-55(64)47-14-6-10-18-51(47)72-2,40-25-33-44(34-26-40)77-60(69)85-81-56(65)48-15-7-11-19-52(48)73-3)41-27-35-45(36-28-41)78-61(70)86-82-57(66)49-16-8-12-20-53(49)74-4/h5-20,38-45H,21-37H2,1-4H3. The Hall–Kier alpha value is -8.96. The van der Waals surface area contributed by atoms with Crippen molar-refractivity contribution in [1.82, 2.24) is 0 Å². The van der Waals surface area contributed by atoms with Gasteiger partial charge in [0, 0.05) is 0 Å². The Kier molecular flexibility index (Phi) is 22.5. The Labute approximate surface area is 495 Å². The molecule has 24 nitrogen and oxygen atoms in total. The molecule has 0 amide bonds. The molecule has 0 atom stereocenters. The summed E-state index contributed by atoms with van der Waals surface area (Å²) in [6.07, 6.45) is 2.44. The van der Waals surface area contributed by atoms with Crippen LogP contribution in [-0.4, -0.2) is 101 Å². The third-order valence-corrected chi connectivity index (χ3v) is 16.8. The van der Waals surface area contributed by atoms with Crippen molar-refractivity contribution in [2.75, 3.05) is 28.4 Å². The molecule has 0 radical (unpaired) electrons. The van der Waals surface area contributed by atoms with Crippen molar-refractivity contribution in [1.29, 1.82) is 0 Å². The summed E-state index contributed by atoms with van der Waals surface area (Å²) >= 11 is 0. The van der Waals surface area contributed by atoms with Crippen LogP contribution in [0.4, 0.5) is 19.2 Å². The van der Waals surface area contributed by atoms with Crippen molar-refractivity contribution >= 4 is 48.5 Å². The molecule has 24 heteroatoms. The highest BCUT2D eigenvalue weighted by Crippen LogP contribution is 2.61. The summed E-state index contributed by atoms with van der Waals surface area (Å²) in [5.41, 5.74) is -0.221. The molecule has 4 aliphatic carbocycles. The zero-order chi connectivity index (χ0) is 61.0. The monoisotopic (exact) mass is 1200 g/mol. The van der Waals surface area contributed by atoms with Crippen LogP contribution in [0.15, 0.2) is 97.1 Å². The fraction of sp³-hybridized carbons (Fsp3) is 0.484. The van der Waals surface area contributed by atoms with E-state index in [1.807, 2.05) is 0 Å². The van der Waals surface area contributed by atoms with Crippen LogP contribution >= 0.6 is 0 Å². The number of benzene rings is 4. The lowest BCUT2D eigenvalue weighted by atomic mass is 9.48. The molecule has 0 saturated heterocycles. The largest absolute Gasteiger partial charge is 0.550 e. The van der Waals surface area contributed by atoms with Crippen molar-refractivity contribution in [3.8, 4) is 23.0 Å². The third kappa shape index (κ3) is 16.5. The first-order chi connectivity index (χ1) is 41.7. The van der Waals surface area contributed by atoms with Gasteiger partial charge in [0.2, 0.25) is 0 Å². The summed E-state index contributed by atoms with van der Waals surface area (Å²) in [4.78, 5) is 142. The minimum atomic E-state index is -1.18. The maximum atomic E-state index is 13.1. The normalized spacial score (nSPS) is 22.4. The Morgan fingerprint density at radius 3 is 0.767 bits per heavy atom. The highest BCUT2D eigenvalue weighted by molar-refractivity contribution is 5.94. The molecule has 0 N–H and O–H groups in total. The minimum absolute atomic E-state index is 0.0455. The molecule has 4 saturated carbocycles. The number of carbonyl (C=O) groups is 8. The number of para-hydroxylation sites is 4. The van der Waals surface area contributed by atoms with Gasteiger partial charge in [-0.3, -0.25) is 0 Å². The molecule has 0 bridgehead atoms. The second-order valence-electron chi connectivity index (χ2n) is 21.5. The van der Waals surface area contributed by atoms with Gasteiger partial charge >= 0.3 is 48.5 Å². The van der Waals surface area contributed by atoms with Gasteiger partial charge in [-0.1, -0.05) is 48.5 Å². The topological polar surface area (TPSA) is 284 Å². The Balaban J connectivity index is 0.968. The SMILES string of the molecule is COc1ccccc1C(=O)OOC(=O)OC1CCC(CC(C2CCC(OC(=O)OOC(=O)c3ccccc3OC)CC2)(C2CCC(OC(=O)OOC(=O)c3ccccc3OC)CC2)C2CCC(OC(=O)OOC(=O)c3ccccc3OC)CC2)CC1. The molecule has 4 aliphatic rings. The Morgan fingerprint density at radius 1 is 0.314 bits per heavy atom. The van der Waals surface area contributed by atoms with E-state index in [-0.39, 0.29) is 68.9 Å². The molecule has 86 heavy (non-hydrogen) atoms. The predicted octanol–water partition coefficient (Wildman–Crippen LogP) is 12.3. The molecule has 0 heterocycles. The molecule has 4 aromatic rings. The van der Waals surface area contributed by atoms with Crippen LogP contribution in [0.3, 0.4) is 0 Å². The number of rotatable bonds is 17.